The number of imidazole rings is 1. The zero-order chi connectivity index (χ0) is 13.4. The van der Waals surface area contributed by atoms with E-state index in [0.29, 0.717) is 6.04 Å². The molecule has 1 saturated heterocycles. The van der Waals surface area contributed by atoms with Gasteiger partial charge in [-0.1, -0.05) is 17.7 Å². The molecule has 1 fully saturated rings. The molecule has 1 unspecified atom stereocenters. The molecule has 0 aliphatic carbocycles. The Morgan fingerprint density at radius 2 is 2.26 bits per heavy atom. The Morgan fingerprint density at radius 1 is 1.42 bits per heavy atom. The van der Waals surface area contributed by atoms with E-state index < -0.39 is 0 Å². The minimum atomic E-state index is 0.653. The van der Waals surface area contributed by atoms with Crippen molar-refractivity contribution in [1.29, 1.82) is 0 Å². The van der Waals surface area contributed by atoms with Gasteiger partial charge in [0.2, 0.25) is 0 Å². The lowest BCUT2D eigenvalue weighted by Gasteiger charge is -2.19. The maximum atomic E-state index is 6.17. The molecule has 0 spiro atoms. The zero-order valence-electron chi connectivity index (χ0n) is 11.5. The molecule has 1 atom stereocenters. The molecule has 0 amide bonds. The number of pyridine rings is 1. The van der Waals surface area contributed by atoms with Crippen molar-refractivity contribution in [3.05, 3.63) is 35.2 Å². The first-order valence-electron chi connectivity index (χ1n) is 7.00. The Balaban J connectivity index is 1.74. The van der Waals surface area contributed by atoms with Gasteiger partial charge in [0.15, 0.2) is 0 Å². The van der Waals surface area contributed by atoms with Crippen LogP contribution in [-0.2, 0) is 6.42 Å². The smallest absolute Gasteiger partial charge is 0.138 e. The first kappa shape index (κ1) is 12.9. The van der Waals surface area contributed by atoms with Crippen LogP contribution < -0.4 is 0 Å². The van der Waals surface area contributed by atoms with Crippen molar-refractivity contribution in [3.63, 3.8) is 0 Å². The molecule has 1 aliphatic heterocycles. The quantitative estimate of drug-likeness (QED) is 0.803. The Bertz CT molecular complexity index is 576. The minimum absolute atomic E-state index is 0.653. The van der Waals surface area contributed by atoms with E-state index in [1.165, 1.54) is 19.5 Å². The zero-order valence-corrected chi connectivity index (χ0v) is 12.3. The van der Waals surface area contributed by atoms with Crippen LogP contribution in [0.2, 0.25) is 5.15 Å². The number of nitrogens with zero attached hydrogens (tertiary/aromatic N) is 3. The fraction of sp³-hybridized carbons (Fsp3) is 0.533. The average molecular weight is 278 g/mol. The van der Waals surface area contributed by atoms with Gasteiger partial charge in [-0.05, 0) is 51.3 Å². The second-order valence-electron chi connectivity index (χ2n) is 5.76. The van der Waals surface area contributed by atoms with Gasteiger partial charge in [-0.3, -0.25) is 4.40 Å². The summed E-state index contributed by atoms with van der Waals surface area (Å²) in [5.74, 6) is 0.728. The van der Waals surface area contributed by atoms with E-state index in [9.17, 15) is 0 Å². The molecule has 0 N–H and O–H groups in total. The van der Waals surface area contributed by atoms with Gasteiger partial charge in [-0.25, -0.2) is 4.98 Å². The predicted octanol–water partition coefficient (Wildman–Crippen LogP) is 3.26. The lowest BCUT2D eigenvalue weighted by atomic mass is 10.0. The molecule has 2 aromatic heterocycles. The molecule has 0 bridgehead atoms. The molecule has 19 heavy (non-hydrogen) atoms. The number of halogens is 1. The van der Waals surface area contributed by atoms with Crippen LogP contribution in [0.3, 0.4) is 0 Å². The number of hydrogen-bond acceptors (Lipinski definition) is 2. The van der Waals surface area contributed by atoms with Crippen molar-refractivity contribution in [3.8, 4) is 0 Å². The summed E-state index contributed by atoms with van der Waals surface area (Å²) in [6.07, 6.45) is 4.41. The predicted molar refractivity (Wildman–Crippen MR) is 78.7 cm³/mol. The monoisotopic (exact) mass is 277 g/mol. The largest absolute Gasteiger partial charge is 0.301 e. The highest BCUT2D eigenvalue weighted by atomic mass is 35.5. The van der Waals surface area contributed by atoms with Gasteiger partial charge in [-0.2, -0.15) is 0 Å². The highest BCUT2D eigenvalue weighted by Gasteiger charge is 2.24. The van der Waals surface area contributed by atoms with E-state index >= 15 is 0 Å². The summed E-state index contributed by atoms with van der Waals surface area (Å²) in [5, 5.41) is 0.728. The first-order chi connectivity index (χ1) is 9.13. The van der Waals surface area contributed by atoms with Crippen LogP contribution in [0.15, 0.2) is 24.4 Å². The summed E-state index contributed by atoms with van der Waals surface area (Å²) in [6, 6.07) is 6.51. The lowest BCUT2D eigenvalue weighted by molar-refractivity contribution is 0.265. The summed E-state index contributed by atoms with van der Waals surface area (Å²) in [4.78, 5) is 7.22. The van der Waals surface area contributed by atoms with Crippen LogP contribution in [-0.4, -0.2) is 33.4 Å². The second kappa shape index (κ2) is 5.14. The van der Waals surface area contributed by atoms with Crippen molar-refractivity contribution in [2.24, 2.45) is 5.92 Å². The average Bonchev–Trinajstić information content (AvgIpc) is 2.96. The van der Waals surface area contributed by atoms with Gasteiger partial charge >= 0.3 is 0 Å². The number of aromatic nitrogens is 2. The molecular formula is C15H20ClN3. The normalized spacial score (nSPS) is 20.7. The van der Waals surface area contributed by atoms with Gasteiger partial charge in [0.1, 0.15) is 10.8 Å². The van der Waals surface area contributed by atoms with E-state index in [2.05, 4.69) is 29.9 Å². The molecule has 3 heterocycles. The molecule has 0 saturated carbocycles. The molecule has 3 nitrogen and oxygen atoms in total. The van der Waals surface area contributed by atoms with Crippen LogP contribution in [0.25, 0.3) is 5.65 Å². The Kier molecular flexibility index (Phi) is 3.50. The molecule has 102 valence electrons. The van der Waals surface area contributed by atoms with Gasteiger partial charge in [0.25, 0.3) is 0 Å². The van der Waals surface area contributed by atoms with Gasteiger partial charge in [0.05, 0.1) is 5.69 Å². The SMILES string of the molecule is CC(C)N1CCC(Cc2cn3c(Cl)cccc3n2)C1. The third kappa shape index (κ3) is 2.63. The van der Waals surface area contributed by atoms with Gasteiger partial charge in [-0.15, -0.1) is 0 Å². The van der Waals surface area contributed by atoms with E-state index in [1.54, 1.807) is 0 Å². The number of rotatable bonds is 3. The van der Waals surface area contributed by atoms with Crippen molar-refractivity contribution in [1.82, 2.24) is 14.3 Å². The second-order valence-corrected chi connectivity index (χ2v) is 6.14. The Morgan fingerprint density at radius 3 is 2.95 bits per heavy atom. The molecule has 0 radical (unpaired) electrons. The highest BCUT2D eigenvalue weighted by molar-refractivity contribution is 6.29. The van der Waals surface area contributed by atoms with E-state index in [0.717, 1.165) is 28.8 Å². The molecule has 4 heteroatoms. The summed E-state index contributed by atoms with van der Waals surface area (Å²) < 4.78 is 1.96. The minimum Gasteiger partial charge on any atom is -0.301 e. The first-order valence-corrected chi connectivity index (χ1v) is 7.38. The Labute approximate surface area is 119 Å². The van der Waals surface area contributed by atoms with Crippen molar-refractivity contribution in [2.75, 3.05) is 13.1 Å². The van der Waals surface area contributed by atoms with Gasteiger partial charge < -0.3 is 4.90 Å². The lowest BCUT2D eigenvalue weighted by Crippen LogP contribution is -2.28. The number of hydrogen-bond donors (Lipinski definition) is 0. The third-order valence-electron chi connectivity index (χ3n) is 4.04. The third-order valence-corrected chi connectivity index (χ3v) is 4.35. The summed E-state index contributed by atoms with van der Waals surface area (Å²) >= 11 is 6.17. The molecule has 0 aromatic carbocycles. The highest BCUT2D eigenvalue weighted by Crippen LogP contribution is 2.23. The van der Waals surface area contributed by atoms with E-state index in [-0.39, 0.29) is 0 Å². The fourth-order valence-electron chi connectivity index (χ4n) is 2.92. The van der Waals surface area contributed by atoms with Crippen LogP contribution in [0.5, 0.6) is 0 Å². The maximum Gasteiger partial charge on any atom is 0.138 e. The maximum absolute atomic E-state index is 6.17. The van der Waals surface area contributed by atoms with Crippen LogP contribution >= 0.6 is 11.6 Å². The summed E-state index contributed by atoms with van der Waals surface area (Å²) in [7, 11) is 0. The fourth-order valence-corrected chi connectivity index (χ4v) is 3.13. The molecule has 1 aliphatic rings. The van der Waals surface area contributed by atoms with Crippen LogP contribution in [0.1, 0.15) is 26.0 Å². The number of likely N-dealkylation sites (tertiary alicyclic amines) is 1. The van der Waals surface area contributed by atoms with Crippen molar-refractivity contribution >= 4 is 17.2 Å². The Hall–Kier alpha value is -1.06. The number of fused-ring (bicyclic) bond motifs is 1. The van der Waals surface area contributed by atoms with Crippen LogP contribution in [0, 0.1) is 5.92 Å². The standard InChI is InChI=1S/C15H20ClN3/c1-11(2)18-7-6-12(9-18)8-13-10-19-14(16)4-3-5-15(19)17-13/h3-5,10-12H,6-9H2,1-2H3. The molecular weight excluding hydrogens is 258 g/mol. The topological polar surface area (TPSA) is 20.5 Å². The molecule has 3 rings (SSSR count). The van der Waals surface area contributed by atoms with Gasteiger partial charge in [0, 0.05) is 18.8 Å². The van der Waals surface area contributed by atoms with Crippen molar-refractivity contribution < 1.29 is 0 Å². The van der Waals surface area contributed by atoms with E-state index in [1.807, 2.05) is 22.6 Å². The van der Waals surface area contributed by atoms with Crippen molar-refractivity contribution in [2.45, 2.75) is 32.7 Å². The summed E-state index contributed by atoms with van der Waals surface area (Å²) in [6.45, 7) is 6.95. The summed E-state index contributed by atoms with van der Waals surface area (Å²) in [5.41, 5.74) is 2.10. The molecule has 2 aromatic rings. The van der Waals surface area contributed by atoms with E-state index in [4.69, 9.17) is 11.6 Å². The van der Waals surface area contributed by atoms with Crippen LogP contribution in [0.4, 0.5) is 0 Å².